The molecule has 0 spiro atoms. The van der Waals surface area contributed by atoms with E-state index < -0.39 is 0 Å². The predicted octanol–water partition coefficient (Wildman–Crippen LogP) is 17.7. The smallest absolute Gasteiger partial charge is 0.136 e. The van der Waals surface area contributed by atoms with Crippen molar-refractivity contribution < 1.29 is 4.42 Å². The molecule has 0 atom stereocenters. The van der Waals surface area contributed by atoms with Gasteiger partial charge < -0.3 is 4.42 Å². The molecule has 0 saturated carbocycles. The summed E-state index contributed by atoms with van der Waals surface area (Å²) in [6.07, 6.45) is 1.96. The van der Waals surface area contributed by atoms with Crippen molar-refractivity contribution in [3.8, 4) is 33.4 Å². The van der Waals surface area contributed by atoms with Gasteiger partial charge in [0.2, 0.25) is 0 Å². The number of hydrogen-bond donors (Lipinski definition) is 0. The van der Waals surface area contributed by atoms with Gasteiger partial charge in [-0.05, 0) is 155 Å². The van der Waals surface area contributed by atoms with Gasteiger partial charge in [0.1, 0.15) is 11.2 Å². The van der Waals surface area contributed by atoms with E-state index in [0.717, 1.165) is 16.7 Å². The minimum Gasteiger partial charge on any atom is -0.456 e. The van der Waals surface area contributed by atoms with E-state index in [4.69, 9.17) is 4.42 Å². The molecule has 13 rings (SSSR count). The maximum atomic E-state index is 6.59. The molecule has 13 aromatic rings. The second kappa shape index (κ2) is 13.0. The monoisotopic (exact) mass is 792 g/mol. The maximum Gasteiger partial charge on any atom is 0.136 e. The first kappa shape index (κ1) is 34.4. The predicted molar refractivity (Wildman–Crippen MR) is 265 cm³/mol. The number of benzene rings is 11. The van der Waals surface area contributed by atoms with Crippen LogP contribution in [-0.4, -0.2) is 0 Å². The minimum absolute atomic E-state index is 0.921. The van der Waals surface area contributed by atoms with Crippen LogP contribution in [0.25, 0.3) is 135 Å². The lowest BCUT2D eigenvalue weighted by atomic mass is 9.87. The zero-order valence-electron chi connectivity index (χ0n) is 33.4. The highest BCUT2D eigenvalue weighted by Crippen LogP contribution is 2.46. The highest BCUT2D eigenvalue weighted by molar-refractivity contribution is 7.25. The van der Waals surface area contributed by atoms with Gasteiger partial charge in [0, 0.05) is 36.3 Å². The van der Waals surface area contributed by atoms with Crippen molar-refractivity contribution in [3.63, 3.8) is 0 Å². The van der Waals surface area contributed by atoms with Crippen LogP contribution < -0.4 is 0 Å². The van der Waals surface area contributed by atoms with Crippen LogP contribution in [0.5, 0.6) is 0 Å². The first-order valence-electron chi connectivity index (χ1n) is 20.9. The summed E-state index contributed by atoms with van der Waals surface area (Å²) in [6, 6.07) is 67.2. The van der Waals surface area contributed by atoms with Crippen LogP contribution in [-0.2, 0) is 0 Å². The number of aryl methyl sites for hydroxylation is 1. The lowest BCUT2D eigenvalue weighted by molar-refractivity contribution is 0.669. The molecular formula is C59H36OS. The number of fused-ring (bicyclic) bond motifs is 16. The van der Waals surface area contributed by atoms with E-state index >= 15 is 0 Å². The molecule has 0 N–H and O–H groups in total. The van der Waals surface area contributed by atoms with Gasteiger partial charge in [0.15, 0.2) is 0 Å². The van der Waals surface area contributed by atoms with Crippen LogP contribution in [0.4, 0.5) is 0 Å². The second-order valence-corrected chi connectivity index (χ2v) is 17.5. The Labute approximate surface area is 356 Å². The topological polar surface area (TPSA) is 13.1 Å². The van der Waals surface area contributed by atoms with Crippen LogP contribution in [0.15, 0.2) is 193 Å². The van der Waals surface area contributed by atoms with Crippen molar-refractivity contribution in [1.29, 1.82) is 0 Å². The first-order valence-corrected chi connectivity index (χ1v) is 21.8. The summed E-state index contributed by atoms with van der Waals surface area (Å²) < 4.78 is 9.18. The average molecular weight is 793 g/mol. The molecule has 0 unspecified atom stereocenters. The molecule has 0 aliphatic carbocycles. The van der Waals surface area contributed by atoms with Gasteiger partial charge in [-0.25, -0.2) is 0 Å². The van der Waals surface area contributed by atoms with E-state index in [9.17, 15) is 0 Å². The lowest BCUT2D eigenvalue weighted by Crippen LogP contribution is -1.92. The van der Waals surface area contributed by atoms with Crippen LogP contribution in [0.3, 0.4) is 0 Å². The Morgan fingerprint density at radius 1 is 0.393 bits per heavy atom. The summed E-state index contributed by atoms with van der Waals surface area (Å²) in [5, 5.41) is 17.4. The molecular weight excluding hydrogens is 757 g/mol. The summed E-state index contributed by atoms with van der Waals surface area (Å²) in [4.78, 5) is 0. The fourth-order valence-electron chi connectivity index (χ4n) is 10.3. The van der Waals surface area contributed by atoms with Crippen LogP contribution in [0.2, 0.25) is 0 Å². The van der Waals surface area contributed by atoms with Gasteiger partial charge in [0.05, 0.1) is 0 Å². The summed E-state index contributed by atoms with van der Waals surface area (Å²) >= 11 is 1.87. The summed E-state index contributed by atoms with van der Waals surface area (Å²) in [5.41, 5.74) is 11.6. The van der Waals surface area contributed by atoms with Crippen molar-refractivity contribution in [3.05, 3.63) is 200 Å². The first-order chi connectivity index (χ1) is 30.1. The largest absolute Gasteiger partial charge is 0.456 e. The van der Waals surface area contributed by atoms with Gasteiger partial charge in [-0.15, -0.1) is 11.3 Å². The SMILES string of the molecule is C=Cc1ccccc1-c1cc(-c2ccc3sc4ccc(-c5ccc6c(c5)c5ccccc5c5ccc7oc8ccc9ccccc9c8c7c56)cc4c3c2)c2ccccc2c1C. The molecule has 284 valence electrons. The summed E-state index contributed by atoms with van der Waals surface area (Å²) in [7, 11) is 0. The standard InChI is InChI=1S/C59H36OS/c1-3-35-12-4-6-15-41(35)48-33-49(43-17-9-8-14-40(43)34(48)2)39-23-29-56-52(32-39)51-31-38(22-28-55(51)61-56)37-20-24-47-50(30-37)45-19-11-10-18-44(45)46-25-27-54-59(57(46)47)58-42-16-7-5-13-36(42)21-26-53(58)60-54/h3-33H,1H2,2H3. The second-order valence-electron chi connectivity index (χ2n) is 16.4. The fraction of sp³-hybridized carbons (Fsp3) is 0.0169. The average Bonchev–Trinajstić information content (AvgIpc) is 3.90. The molecule has 0 aliphatic heterocycles. The summed E-state index contributed by atoms with van der Waals surface area (Å²) in [5.74, 6) is 0. The molecule has 2 heteroatoms. The quantitative estimate of drug-likeness (QED) is 0.162. The van der Waals surface area contributed by atoms with Gasteiger partial charge in [-0.3, -0.25) is 0 Å². The van der Waals surface area contributed by atoms with E-state index in [1.165, 1.54) is 124 Å². The van der Waals surface area contributed by atoms with Gasteiger partial charge >= 0.3 is 0 Å². The van der Waals surface area contributed by atoms with Crippen LogP contribution in [0, 0.1) is 6.92 Å². The molecule has 1 nitrogen and oxygen atoms in total. The minimum atomic E-state index is 0.921. The number of hydrogen-bond acceptors (Lipinski definition) is 2. The molecule has 0 bridgehead atoms. The molecule has 0 fully saturated rings. The zero-order valence-corrected chi connectivity index (χ0v) is 34.2. The van der Waals surface area contributed by atoms with E-state index in [2.05, 4.69) is 195 Å². The maximum absolute atomic E-state index is 6.59. The lowest BCUT2D eigenvalue weighted by Gasteiger charge is -2.17. The van der Waals surface area contributed by atoms with E-state index in [1.807, 2.05) is 17.4 Å². The van der Waals surface area contributed by atoms with Crippen molar-refractivity contribution in [1.82, 2.24) is 0 Å². The highest BCUT2D eigenvalue weighted by Gasteiger charge is 2.20. The zero-order chi connectivity index (χ0) is 40.3. The van der Waals surface area contributed by atoms with Crippen molar-refractivity contribution in [2.75, 3.05) is 0 Å². The third-order valence-corrected chi connectivity index (χ3v) is 14.4. The Hall–Kier alpha value is -7.52. The van der Waals surface area contributed by atoms with Crippen molar-refractivity contribution in [2.24, 2.45) is 0 Å². The molecule has 0 amide bonds. The fourth-order valence-corrected chi connectivity index (χ4v) is 11.4. The Balaban J connectivity index is 1.02. The Morgan fingerprint density at radius 3 is 1.77 bits per heavy atom. The highest BCUT2D eigenvalue weighted by atomic mass is 32.1. The van der Waals surface area contributed by atoms with E-state index in [-0.39, 0.29) is 0 Å². The molecule has 0 saturated heterocycles. The van der Waals surface area contributed by atoms with Crippen LogP contribution in [0.1, 0.15) is 11.1 Å². The third kappa shape index (κ3) is 5.00. The molecule has 0 radical (unpaired) electrons. The number of thiophene rings is 1. The number of rotatable bonds is 4. The Kier molecular flexibility index (Phi) is 7.31. The van der Waals surface area contributed by atoms with E-state index in [1.54, 1.807) is 0 Å². The normalized spacial score (nSPS) is 12.1. The van der Waals surface area contributed by atoms with E-state index in [0.29, 0.717) is 0 Å². The summed E-state index contributed by atoms with van der Waals surface area (Å²) in [6.45, 7) is 6.39. The molecule has 2 aromatic heterocycles. The number of furan rings is 1. The van der Waals surface area contributed by atoms with Gasteiger partial charge in [-0.1, -0.05) is 140 Å². The van der Waals surface area contributed by atoms with Gasteiger partial charge in [0.25, 0.3) is 0 Å². The van der Waals surface area contributed by atoms with Crippen molar-refractivity contribution >= 4 is 113 Å². The van der Waals surface area contributed by atoms with Crippen molar-refractivity contribution in [2.45, 2.75) is 6.92 Å². The van der Waals surface area contributed by atoms with Gasteiger partial charge in [-0.2, -0.15) is 0 Å². The Bertz CT molecular complexity index is 4030. The molecule has 2 heterocycles. The Morgan fingerprint density at radius 2 is 0.967 bits per heavy atom. The molecule has 11 aromatic carbocycles. The third-order valence-electron chi connectivity index (χ3n) is 13.2. The molecule has 61 heavy (non-hydrogen) atoms. The molecule has 0 aliphatic rings. The van der Waals surface area contributed by atoms with Crippen LogP contribution >= 0.6 is 11.3 Å².